The van der Waals surface area contributed by atoms with Crippen molar-refractivity contribution in [2.24, 2.45) is 0 Å². The van der Waals surface area contributed by atoms with Gasteiger partial charge in [0.05, 0.1) is 5.69 Å². The highest BCUT2D eigenvalue weighted by molar-refractivity contribution is 6.17. The van der Waals surface area contributed by atoms with Crippen LogP contribution >= 0.6 is 0 Å². The number of benzene rings is 2. The Labute approximate surface area is 124 Å². The van der Waals surface area contributed by atoms with Crippen molar-refractivity contribution in [3.05, 3.63) is 65.7 Å². The fraction of sp³-hybridized carbons (Fsp3) is 0.222. The molecule has 0 bridgehead atoms. The van der Waals surface area contributed by atoms with Crippen LogP contribution in [0.4, 0.5) is 5.69 Å². The molecule has 0 unspecified atom stereocenters. The van der Waals surface area contributed by atoms with Crippen molar-refractivity contribution in [2.75, 3.05) is 4.90 Å². The topological polar surface area (TPSA) is 37.4 Å². The number of hydrogen-bond donors (Lipinski definition) is 0. The Morgan fingerprint density at radius 3 is 2.00 bits per heavy atom. The van der Waals surface area contributed by atoms with Gasteiger partial charge in [0, 0.05) is 18.8 Å². The molecule has 0 spiro atoms. The Morgan fingerprint density at radius 1 is 0.857 bits per heavy atom. The molecule has 21 heavy (non-hydrogen) atoms. The molecule has 0 atom stereocenters. The van der Waals surface area contributed by atoms with Crippen molar-refractivity contribution >= 4 is 17.5 Å². The van der Waals surface area contributed by atoms with Gasteiger partial charge < -0.3 is 0 Å². The van der Waals surface area contributed by atoms with Gasteiger partial charge in [-0.25, -0.2) is 0 Å². The second-order valence-electron chi connectivity index (χ2n) is 5.47. The van der Waals surface area contributed by atoms with Crippen LogP contribution in [0.25, 0.3) is 0 Å². The lowest BCUT2D eigenvalue weighted by molar-refractivity contribution is -0.129. The van der Waals surface area contributed by atoms with Gasteiger partial charge >= 0.3 is 0 Å². The van der Waals surface area contributed by atoms with Crippen LogP contribution in [0.3, 0.4) is 0 Å². The van der Waals surface area contributed by atoms with Gasteiger partial charge in [-0.15, -0.1) is 0 Å². The summed E-state index contributed by atoms with van der Waals surface area (Å²) >= 11 is 0. The van der Waals surface area contributed by atoms with E-state index < -0.39 is 0 Å². The second kappa shape index (κ2) is 5.52. The van der Waals surface area contributed by atoms with E-state index in [1.54, 1.807) is 0 Å². The summed E-state index contributed by atoms with van der Waals surface area (Å²) in [6, 6.07) is 17.3. The molecule has 0 saturated carbocycles. The molecule has 0 aliphatic carbocycles. The van der Waals surface area contributed by atoms with E-state index in [0.29, 0.717) is 18.5 Å². The molecule has 1 aliphatic heterocycles. The van der Waals surface area contributed by atoms with E-state index in [-0.39, 0.29) is 17.7 Å². The van der Waals surface area contributed by atoms with Crippen LogP contribution in [0, 0.1) is 6.92 Å². The third-order valence-corrected chi connectivity index (χ3v) is 3.90. The first-order valence-corrected chi connectivity index (χ1v) is 7.12. The minimum atomic E-state index is -0.121. The van der Waals surface area contributed by atoms with Crippen LogP contribution in [-0.2, 0) is 9.59 Å². The van der Waals surface area contributed by atoms with Crippen LogP contribution < -0.4 is 4.90 Å². The van der Waals surface area contributed by atoms with Crippen molar-refractivity contribution in [3.8, 4) is 0 Å². The summed E-state index contributed by atoms with van der Waals surface area (Å²) in [6.45, 7) is 1.98. The first kappa shape index (κ1) is 13.6. The Balaban J connectivity index is 1.84. The normalized spacial score (nSPS) is 16.3. The van der Waals surface area contributed by atoms with Crippen molar-refractivity contribution in [1.29, 1.82) is 0 Å². The summed E-state index contributed by atoms with van der Waals surface area (Å²) < 4.78 is 0. The highest BCUT2D eigenvalue weighted by Crippen LogP contribution is 2.32. The molecule has 3 heteroatoms. The molecule has 3 nitrogen and oxygen atoms in total. The highest BCUT2D eigenvalue weighted by Gasteiger charge is 2.34. The molecule has 2 aromatic carbocycles. The fourth-order valence-corrected chi connectivity index (χ4v) is 2.76. The number of carbonyl (C=O) groups excluding carboxylic acids is 2. The molecule has 1 aliphatic rings. The first-order valence-electron chi connectivity index (χ1n) is 7.12. The van der Waals surface area contributed by atoms with Crippen LogP contribution in [0.2, 0.25) is 0 Å². The molecular formula is C18H17NO2. The number of anilines is 1. The predicted molar refractivity (Wildman–Crippen MR) is 82.1 cm³/mol. The van der Waals surface area contributed by atoms with Crippen LogP contribution in [0.1, 0.15) is 29.9 Å². The second-order valence-corrected chi connectivity index (χ2v) is 5.47. The molecule has 0 radical (unpaired) electrons. The molecule has 1 saturated heterocycles. The minimum Gasteiger partial charge on any atom is -0.274 e. The number of aryl methyl sites for hydroxylation is 1. The number of hydrogen-bond acceptors (Lipinski definition) is 2. The molecular weight excluding hydrogens is 262 g/mol. The lowest BCUT2D eigenvalue weighted by atomic mass is 9.88. The van der Waals surface area contributed by atoms with E-state index in [0.717, 1.165) is 11.1 Å². The quantitative estimate of drug-likeness (QED) is 0.790. The summed E-state index contributed by atoms with van der Waals surface area (Å²) in [6.07, 6.45) is 0.757. The van der Waals surface area contributed by atoms with Gasteiger partial charge in [0.15, 0.2) is 0 Å². The monoisotopic (exact) mass is 279 g/mol. The van der Waals surface area contributed by atoms with E-state index in [1.165, 1.54) is 4.90 Å². The van der Waals surface area contributed by atoms with Crippen LogP contribution in [0.5, 0.6) is 0 Å². The number of amides is 2. The molecule has 2 aromatic rings. The van der Waals surface area contributed by atoms with Crippen LogP contribution in [-0.4, -0.2) is 11.8 Å². The SMILES string of the molecule is Cc1ccc(N2C(=O)CC(c3ccccc3)CC2=O)cc1. The summed E-state index contributed by atoms with van der Waals surface area (Å²) in [5.41, 5.74) is 2.84. The largest absolute Gasteiger partial charge is 0.274 e. The van der Waals surface area contributed by atoms with Crippen LogP contribution in [0.15, 0.2) is 54.6 Å². The Hall–Kier alpha value is -2.42. The van der Waals surface area contributed by atoms with Gasteiger partial charge in [-0.3, -0.25) is 14.5 Å². The van der Waals surface area contributed by atoms with Gasteiger partial charge in [0.25, 0.3) is 0 Å². The predicted octanol–water partition coefficient (Wildman–Crippen LogP) is 3.43. The summed E-state index contributed by atoms with van der Waals surface area (Å²) in [5, 5.41) is 0. The average Bonchev–Trinajstić information content (AvgIpc) is 2.49. The van der Waals surface area contributed by atoms with E-state index >= 15 is 0 Å². The molecule has 3 rings (SSSR count). The number of rotatable bonds is 2. The van der Waals surface area contributed by atoms with Crippen molar-refractivity contribution in [3.63, 3.8) is 0 Å². The van der Waals surface area contributed by atoms with Gasteiger partial charge in [-0.2, -0.15) is 0 Å². The summed E-state index contributed by atoms with van der Waals surface area (Å²) in [5.74, 6) is -0.249. The third-order valence-electron chi connectivity index (χ3n) is 3.90. The Kier molecular flexibility index (Phi) is 3.57. The number of imide groups is 1. The number of piperidine rings is 1. The third kappa shape index (κ3) is 2.72. The maximum absolute atomic E-state index is 12.4. The maximum atomic E-state index is 12.4. The van der Waals surface area contributed by atoms with E-state index in [1.807, 2.05) is 61.5 Å². The lowest BCUT2D eigenvalue weighted by Crippen LogP contribution is -2.42. The van der Waals surface area contributed by atoms with Crippen molar-refractivity contribution in [2.45, 2.75) is 25.7 Å². The summed E-state index contributed by atoms with van der Waals surface area (Å²) in [7, 11) is 0. The minimum absolute atomic E-state index is 0.00658. The van der Waals surface area contributed by atoms with Gasteiger partial charge in [0.1, 0.15) is 0 Å². The molecule has 0 N–H and O–H groups in total. The number of carbonyl (C=O) groups is 2. The Morgan fingerprint density at radius 2 is 1.43 bits per heavy atom. The number of nitrogens with zero attached hydrogens (tertiary/aromatic N) is 1. The maximum Gasteiger partial charge on any atom is 0.234 e. The molecule has 1 heterocycles. The van der Waals surface area contributed by atoms with E-state index in [4.69, 9.17) is 0 Å². The fourth-order valence-electron chi connectivity index (χ4n) is 2.76. The van der Waals surface area contributed by atoms with Gasteiger partial charge in [-0.05, 0) is 24.6 Å². The average molecular weight is 279 g/mol. The standard InChI is InChI=1S/C18H17NO2/c1-13-7-9-16(10-8-13)19-17(20)11-15(12-18(19)21)14-5-3-2-4-6-14/h2-10,15H,11-12H2,1H3. The molecule has 0 aromatic heterocycles. The molecule has 106 valence electrons. The lowest BCUT2D eigenvalue weighted by Gasteiger charge is -2.30. The first-order chi connectivity index (χ1) is 10.1. The Bertz CT molecular complexity index is 643. The molecule has 1 fully saturated rings. The summed E-state index contributed by atoms with van der Waals surface area (Å²) in [4.78, 5) is 26.1. The van der Waals surface area contributed by atoms with E-state index in [9.17, 15) is 9.59 Å². The van der Waals surface area contributed by atoms with E-state index in [2.05, 4.69) is 0 Å². The zero-order valence-electron chi connectivity index (χ0n) is 12.0. The van der Waals surface area contributed by atoms with Crippen molar-refractivity contribution < 1.29 is 9.59 Å². The zero-order valence-corrected chi connectivity index (χ0v) is 12.0. The molecule has 2 amide bonds. The zero-order chi connectivity index (χ0) is 14.8. The van der Waals surface area contributed by atoms with Gasteiger partial charge in [0.2, 0.25) is 11.8 Å². The van der Waals surface area contributed by atoms with Crippen molar-refractivity contribution in [1.82, 2.24) is 0 Å². The smallest absolute Gasteiger partial charge is 0.234 e. The highest BCUT2D eigenvalue weighted by atomic mass is 16.2. The van der Waals surface area contributed by atoms with Gasteiger partial charge in [-0.1, -0.05) is 48.0 Å².